The lowest BCUT2D eigenvalue weighted by Gasteiger charge is -2.39. The van der Waals surface area contributed by atoms with Gasteiger partial charge in [-0.3, -0.25) is 14.4 Å². The van der Waals surface area contributed by atoms with Gasteiger partial charge in [-0.25, -0.2) is 4.79 Å². The van der Waals surface area contributed by atoms with Gasteiger partial charge in [0, 0.05) is 6.92 Å². The molecule has 0 bridgehead atoms. The molecule has 2 atom stereocenters. The van der Waals surface area contributed by atoms with Crippen molar-refractivity contribution in [1.29, 1.82) is 0 Å². The molecule has 0 saturated heterocycles. The molecule has 0 aromatic carbocycles. The second kappa shape index (κ2) is 11.8. The number of rotatable bonds is 13. The van der Waals surface area contributed by atoms with Crippen LogP contribution in [0.15, 0.2) is 0 Å². The van der Waals surface area contributed by atoms with Crippen LogP contribution in [0, 0.1) is 5.92 Å². The van der Waals surface area contributed by atoms with Gasteiger partial charge in [-0.15, -0.1) is 0 Å². The Morgan fingerprint density at radius 1 is 1.00 bits per heavy atom. The molecule has 0 aliphatic carbocycles. The third kappa shape index (κ3) is 7.58. The molecule has 0 saturated carbocycles. The SMILES string of the molecule is CCCC[C@H](CC)C(CC)(CC)OC(=O)C[C@](O)(CC(=O)O)C(=O)OC(C)=O. The summed E-state index contributed by atoms with van der Waals surface area (Å²) in [4.78, 5) is 46.7. The number of aliphatic carboxylic acids is 1. The number of carbonyl (C=O) groups is 4. The highest BCUT2D eigenvalue weighted by molar-refractivity contribution is 5.94. The van der Waals surface area contributed by atoms with Crippen LogP contribution in [-0.4, -0.2) is 45.3 Å². The maximum absolute atomic E-state index is 12.6. The first-order chi connectivity index (χ1) is 13.0. The Kier molecular flexibility index (Phi) is 11.0. The van der Waals surface area contributed by atoms with Crippen molar-refractivity contribution in [3.63, 3.8) is 0 Å². The number of unbranched alkanes of at least 4 members (excludes halogenated alkanes) is 1. The molecule has 0 aliphatic heterocycles. The van der Waals surface area contributed by atoms with E-state index in [0.717, 1.165) is 32.6 Å². The van der Waals surface area contributed by atoms with Crippen LogP contribution >= 0.6 is 0 Å². The molecule has 0 spiro atoms. The van der Waals surface area contributed by atoms with Gasteiger partial charge in [-0.2, -0.15) is 0 Å². The van der Waals surface area contributed by atoms with Crippen LogP contribution < -0.4 is 0 Å². The van der Waals surface area contributed by atoms with Crippen LogP contribution in [-0.2, 0) is 28.7 Å². The Labute approximate surface area is 166 Å². The average molecular weight is 402 g/mol. The van der Waals surface area contributed by atoms with Crippen molar-refractivity contribution >= 4 is 23.9 Å². The van der Waals surface area contributed by atoms with Gasteiger partial charge < -0.3 is 19.7 Å². The summed E-state index contributed by atoms with van der Waals surface area (Å²) in [6.07, 6.45) is 2.76. The molecule has 0 heterocycles. The fraction of sp³-hybridized carbons (Fsp3) is 0.800. The zero-order valence-electron chi connectivity index (χ0n) is 17.6. The second-order valence-corrected chi connectivity index (χ2v) is 7.15. The molecular formula is C20H34O8. The summed E-state index contributed by atoms with van der Waals surface area (Å²) in [6, 6.07) is 0. The lowest BCUT2D eigenvalue weighted by atomic mass is 9.78. The summed E-state index contributed by atoms with van der Waals surface area (Å²) in [6.45, 7) is 8.83. The molecule has 2 N–H and O–H groups in total. The number of aliphatic hydroxyl groups is 1. The Bertz CT molecular complexity index is 552. The van der Waals surface area contributed by atoms with Gasteiger partial charge >= 0.3 is 23.9 Å². The Morgan fingerprint density at radius 3 is 1.96 bits per heavy atom. The zero-order valence-corrected chi connectivity index (χ0v) is 17.6. The van der Waals surface area contributed by atoms with Gasteiger partial charge in [0.1, 0.15) is 5.60 Å². The third-order valence-corrected chi connectivity index (χ3v) is 5.15. The molecule has 0 rings (SSSR count). The van der Waals surface area contributed by atoms with Gasteiger partial charge in [0.05, 0.1) is 12.8 Å². The van der Waals surface area contributed by atoms with Gasteiger partial charge in [-0.05, 0) is 31.6 Å². The van der Waals surface area contributed by atoms with Crippen molar-refractivity contribution in [2.24, 2.45) is 5.92 Å². The van der Waals surface area contributed by atoms with E-state index >= 15 is 0 Å². The molecule has 0 fully saturated rings. The molecule has 8 heteroatoms. The minimum atomic E-state index is -2.67. The predicted octanol–water partition coefficient (Wildman–Crippen LogP) is 2.99. The number of carboxylic acids is 1. The topological polar surface area (TPSA) is 127 Å². The van der Waals surface area contributed by atoms with E-state index in [9.17, 15) is 24.3 Å². The van der Waals surface area contributed by atoms with Gasteiger partial charge in [0.15, 0.2) is 5.60 Å². The van der Waals surface area contributed by atoms with E-state index in [-0.39, 0.29) is 5.92 Å². The average Bonchev–Trinajstić information content (AvgIpc) is 2.59. The van der Waals surface area contributed by atoms with Crippen molar-refractivity contribution in [3.05, 3.63) is 0 Å². The highest BCUT2D eigenvalue weighted by atomic mass is 16.6. The first-order valence-electron chi connectivity index (χ1n) is 9.89. The summed E-state index contributed by atoms with van der Waals surface area (Å²) in [7, 11) is 0. The molecule has 0 aliphatic rings. The van der Waals surface area contributed by atoms with E-state index in [1.54, 1.807) is 0 Å². The molecule has 0 unspecified atom stereocenters. The quantitative estimate of drug-likeness (QED) is 0.355. The van der Waals surface area contributed by atoms with Crippen LogP contribution in [0.2, 0.25) is 0 Å². The number of esters is 3. The lowest BCUT2D eigenvalue weighted by Crippen LogP contribution is -2.48. The number of carboxylic acid groups (broad SMARTS) is 1. The zero-order chi connectivity index (χ0) is 22.0. The largest absolute Gasteiger partial charge is 0.481 e. The van der Waals surface area contributed by atoms with Crippen LogP contribution in [0.1, 0.15) is 86.0 Å². The highest BCUT2D eigenvalue weighted by Gasteiger charge is 2.46. The maximum atomic E-state index is 12.6. The normalized spacial score (nSPS) is 14.6. The summed E-state index contributed by atoms with van der Waals surface area (Å²) in [5, 5.41) is 19.4. The number of hydrogen-bond donors (Lipinski definition) is 2. The Morgan fingerprint density at radius 2 is 1.57 bits per heavy atom. The van der Waals surface area contributed by atoms with Crippen molar-refractivity contribution in [2.45, 2.75) is 97.2 Å². The monoisotopic (exact) mass is 402 g/mol. The number of ether oxygens (including phenoxy) is 2. The van der Waals surface area contributed by atoms with Crippen LogP contribution in [0.4, 0.5) is 0 Å². The molecule has 0 aromatic rings. The minimum absolute atomic E-state index is 0.100. The third-order valence-electron chi connectivity index (χ3n) is 5.15. The smallest absolute Gasteiger partial charge is 0.346 e. The molecule has 0 aromatic heterocycles. The van der Waals surface area contributed by atoms with Crippen LogP contribution in [0.5, 0.6) is 0 Å². The predicted molar refractivity (Wildman–Crippen MR) is 101 cm³/mol. The molecule has 28 heavy (non-hydrogen) atoms. The summed E-state index contributed by atoms with van der Waals surface area (Å²) >= 11 is 0. The first kappa shape index (κ1) is 26.0. The Hall–Kier alpha value is -1.96. The first-order valence-corrected chi connectivity index (χ1v) is 9.89. The Balaban J connectivity index is 5.54. The molecule has 162 valence electrons. The van der Waals surface area contributed by atoms with E-state index in [4.69, 9.17) is 9.84 Å². The fourth-order valence-corrected chi connectivity index (χ4v) is 3.53. The highest BCUT2D eigenvalue weighted by Crippen LogP contribution is 2.36. The molecular weight excluding hydrogens is 368 g/mol. The van der Waals surface area contributed by atoms with E-state index < -0.39 is 47.9 Å². The van der Waals surface area contributed by atoms with Crippen molar-refractivity contribution in [2.75, 3.05) is 0 Å². The van der Waals surface area contributed by atoms with Crippen molar-refractivity contribution in [3.8, 4) is 0 Å². The minimum Gasteiger partial charge on any atom is -0.481 e. The summed E-state index contributed by atoms with van der Waals surface area (Å²) < 4.78 is 10.1. The van der Waals surface area contributed by atoms with Gasteiger partial charge in [-0.1, -0.05) is 40.5 Å². The number of carbonyl (C=O) groups excluding carboxylic acids is 3. The summed E-state index contributed by atoms with van der Waals surface area (Å²) in [5.41, 5.74) is -3.44. The van der Waals surface area contributed by atoms with Gasteiger partial charge in [0.25, 0.3) is 0 Å². The van der Waals surface area contributed by atoms with Crippen LogP contribution in [0.25, 0.3) is 0 Å². The van der Waals surface area contributed by atoms with E-state index in [1.807, 2.05) is 20.8 Å². The standard InChI is InChI=1S/C20H34O8/c1-6-10-11-15(7-2)20(8-3,9-4)28-17(24)13-19(26,12-16(22)23)18(25)27-14(5)21/h15,26H,6-13H2,1-5H3,(H,22,23)/t15-,19+/m0/s1. The maximum Gasteiger partial charge on any atom is 0.346 e. The van der Waals surface area contributed by atoms with Gasteiger partial charge in [0.2, 0.25) is 0 Å². The van der Waals surface area contributed by atoms with E-state index in [0.29, 0.717) is 12.8 Å². The number of hydrogen-bond acceptors (Lipinski definition) is 7. The van der Waals surface area contributed by atoms with E-state index in [1.165, 1.54) is 0 Å². The van der Waals surface area contributed by atoms with Crippen molar-refractivity contribution in [1.82, 2.24) is 0 Å². The van der Waals surface area contributed by atoms with E-state index in [2.05, 4.69) is 11.7 Å². The lowest BCUT2D eigenvalue weighted by molar-refractivity contribution is -0.187. The van der Waals surface area contributed by atoms with Crippen molar-refractivity contribution < 1.29 is 38.9 Å². The summed E-state index contributed by atoms with van der Waals surface area (Å²) in [5.74, 6) is -4.80. The second-order valence-electron chi connectivity index (χ2n) is 7.15. The fourth-order valence-electron chi connectivity index (χ4n) is 3.53. The molecule has 8 nitrogen and oxygen atoms in total. The molecule has 0 radical (unpaired) electrons. The molecule has 0 amide bonds. The van der Waals surface area contributed by atoms with Crippen LogP contribution in [0.3, 0.4) is 0 Å².